The summed E-state index contributed by atoms with van der Waals surface area (Å²) >= 11 is 0. The Morgan fingerprint density at radius 3 is 2.89 bits per heavy atom. The van der Waals surface area contributed by atoms with E-state index in [2.05, 4.69) is 0 Å². The topological polar surface area (TPSA) is 38.7 Å². The van der Waals surface area contributed by atoms with E-state index in [4.69, 9.17) is 9.47 Å². The Hall–Kier alpha value is -1.16. The first-order valence-electron chi connectivity index (χ1n) is 6.49. The van der Waals surface area contributed by atoms with E-state index in [-0.39, 0.29) is 6.29 Å². The van der Waals surface area contributed by atoms with Crippen molar-refractivity contribution in [3.8, 4) is 0 Å². The van der Waals surface area contributed by atoms with E-state index >= 15 is 0 Å². The Morgan fingerprint density at radius 2 is 2.17 bits per heavy atom. The molecular weight excluding hydrogens is 228 g/mol. The molecule has 0 aromatic heterocycles. The zero-order valence-corrected chi connectivity index (χ0v) is 10.5. The summed E-state index contributed by atoms with van der Waals surface area (Å²) in [5, 5.41) is 9.88. The molecule has 0 saturated carbocycles. The molecule has 1 N–H and O–H groups in total. The second-order valence-electron chi connectivity index (χ2n) is 4.41. The van der Waals surface area contributed by atoms with Gasteiger partial charge in [0.1, 0.15) is 0 Å². The number of aliphatic hydroxyl groups is 1. The Bertz CT molecular complexity index is 355. The second-order valence-corrected chi connectivity index (χ2v) is 4.41. The fraction of sp³-hybridized carbons (Fsp3) is 0.467. The van der Waals surface area contributed by atoms with E-state index in [9.17, 15) is 5.11 Å². The van der Waals surface area contributed by atoms with Crippen LogP contribution in [0.15, 0.2) is 42.5 Å². The Morgan fingerprint density at radius 1 is 1.33 bits per heavy atom. The highest BCUT2D eigenvalue weighted by molar-refractivity contribution is 5.20. The summed E-state index contributed by atoms with van der Waals surface area (Å²) in [5.41, 5.74) is 0.891. The van der Waals surface area contributed by atoms with Gasteiger partial charge >= 0.3 is 0 Å². The summed E-state index contributed by atoms with van der Waals surface area (Å²) in [6.07, 6.45) is 6.21. The molecule has 0 spiro atoms. The van der Waals surface area contributed by atoms with Crippen molar-refractivity contribution in [3.05, 3.63) is 48.0 Å². The lowest BCUT2D eigenvalue weighted by Crippen LogP contribution is -2.22. The SMILES string of the molecule is OC(/C=C/COC1CCCCO1)c1ccccc1. The molecule has 0 bridgehead atoms. The molecule has 2 unspecified atom stereocenters. The average Bonchev–Trinajstić information content (AvgIpc) is 2.45. The van der Waals surface area contributed by atoms with Crippen molar-refractivity contribution in [2.24, 2.45) is 0 Å². The maximum Gasteiger partial charge on any atom is 0.157 e. The molecule has 1 aromatic rings. The standard InChI is InChI=1S/C15H20O3/c16-14(13-7-2-1-3-8-13)9-6-12-18-15-10-4-5-11-17-15/h1-3,6-9,14-16H,4-5,10-12H2/b9-6+. The highest BCUT2D eigenvalue weighted by atomic mass is 16.7. The molecule has 1 saturated heterocycles. The van der Waals surface area contributed by atoms with Gasteiger partial charge in [0.25, 0.3) is 0 Å². The lowest BCUT2D eigenvalue weighted by atomic mass is 10.1. The predicted molar refractivity (Wildman–Crippen MR) is 70.1 cm³/mol. The van der Waals surface area contributed by atoms with Gasteiger partial charge in [-0.3, -0.25) is 0 Å². The molecule has 1 aliphatic heterocycles. The van der Waals surface area contributed by atoms with Crippen molar-refractivity contribution in [2.75, 3.05) is 13.2 Å². The van der Waals surface area contributed by atoms with E-state index in [1.807, 2.05) is 36.4 Å². The fourth-order valence-electron chi connectivity index (χ4n) is 1.95. The van der Waals surface area contributed by atoms with Gasteiger partial charge in [0.05, 0.1) is 12.7 Å². The van der Waals surface area contributed by atoms with Crippen molar-refractivity contribution in [2.45, 2.75) is 31.7 Å². The molecule has 1 heterocycles. The molecule has 0 aliphatic carbocycles. The number of rotatable bonds is 5. The molecule has 2 rings (SSSR count). The Balaban J connectivity index is 1.70. The summed E-state index contributed by atoms with van der Waals surface area (Å²) in [5.74, 6) is 0. The van der Waals surface area contributed by atoms with Crippen LogP contribution in [-0.2, 0) is 9.47 Å². The van der Waals surface area contributed by atoms with E-state index < -0.39 is 6.10 Å². The van der Waals surface area contributed by atoms with Crippen LogP contribution in [0.5, 0.6) is 0 Å². The van der Waals surface area contributed by atoms with Gasteiger partial charge in [-0.1, -0.05) is 42.5 Å². The molecule has 98 valence electrons. The maximum atomic E-state index is 9.88. The zero-order valence-electron chi connectivity index (χ0n) is 10.5. The van der Waals surface area contributed by atoms with Crippen molar-refractivity contribution < 1.29 is 14.6 Å². The Kier molecular flexibility index (Phi) is 5.39. The van der Waals surface area contributed by atoms with Gasteiger partial charge in [-0.15, -0.1) is 0 Å². The van der Waals surface area contributed by atoms with Crippen LogP contribution in [0.3, 0.4) is 0 Å². The van der Waals surface area contributed by atoms with Gasteiger partial charge in [-0.25, -0.2) is 0 Å². The fourth-order valence-corrected chi connectivity index (χ4v) is 1.95. The number of hydrogen-bond acceptors (Lipinski definition) is 3. The molecular formula is C15H20O3. The minimum absolute atomic E-state index is 0.0720. The monoisotopic (exact) mass is 248 g/mol. The van der Waals surface area contributed by atoms with Crippen LogP contribution in [0.25, 0.3) is 0 Å². The van der Waals surface area contributed by atoms with Crippen LogP contribution in [0, 0.1) is 0 Å². The first kappa shape index (κ1) is 13.3. The van der Waals surface area contributed by atoms with Gasteiger partial charge < -0.3 is 14.6 Å². The third-order valence-corrected chi connectivity index (χ3v) is 2.98. The average molecular weight is 248 g/mol. The summed E-state index contributed by atoms with van der Waals surface area (Å²) in [6, 6.07) is 9.57. The summed E-state index contributed by atoms with van der Waals surface area (Å²) in [4.78, 5) is 0. The lowest BCUT2D eigenvalue weighted by Gasteiger charge is -2.21. The molecule has 1 aromatic carbocycles. The van der Waals surface area contributed by atoms with Crippen LogP contribution in [0.1, 0.15) is 30.9 Å². The van der Waals surface area contributed by atoms with Crippen molar-refractivity contribution in [3.63, 3.8) is 0 Å². The van der Waals surface area contributed by atoms with Crippen LogP contribution >= 0.6 is 0 Å². The van der Waals surface area contributed by atoms with E-state index in [0.717, 1.165) is 25.0 Å². The van der Waals surface area contributed by atoms with Crippen LogP contribution < -0.4 is 0 Å². The predicted octanol–water partition coefficient (Wildman–Crippen LogP) is 2.82. The normalized spacial score (nSPS) is 22.2. The van der Waals surface area contributed by atoms with Crippen molar-refractivity contribution in [1.29, 1.82) is 0 Å². The maximum absolute atomic E-state index is 9.88. The summed E-state index contributed by atoms with van der Waals surface area (Å²) < 4.78 is 11.0. The quantitative estimate of drug-likeness (QED) is 0.814. The van der Waals surface area contributed by atoms with E-state index in [1.165, 1.54) is 6.42 Å². The van der Waals surface area contributed by atoms with Crippen LogP contribution in [-0.4, -0.2) is 24.6 Å². The lowest BCUT2D eigenvalue weighted by molar-refractivity contribution is -0.155. The first-order valence-corrected chi connectivity index (χ1v) is 6.49. The van der Waals surface area contributed by atoms with Crippen molar-refractivity contribution >= 4 is 0 Å². The van der Waals surface area contributed by atoms with Gasteiger partial charge in [-0.2, -0.15) is 0 Å². The van der Waals surface area contributed by atoms with Gasteiger partial charge in [0, 0.05) is 6.61 Å². The number of ether oxygens (including phenoxy) is 2. The highest BCUT2D eigenvalue weighted by Gasteiger charge is 2.12. The van der Waals surface area contributed by atoms with Crippen LogP contribution in [0.4, 0.5) is 0 Å². The minimum Gasteiger partial charge on any atom is -0.384 e. The zero-order chi connectivity index (χ0) is 12.6. The molecule has 0 radical (unpaired) electrons. The summed E-state index contributed by atoms with van der Waals surface area (Å²) in [6.45, 7) is 1.27. The second kappa shape index (κ2) is 7.31. The molecule has 18 heavy (non-hydrogen) atoms. The number of aliphatic hydroxyl groups excluding tert-OH is 1. The number of hydrogen-bond donors (Lipinski definition) is 1. The third kappa shape index (κ3) is 4.26. The largest absolute Gasteiger partial charge is 0.384 e. The van der Waals surface area contributed by atoms with Crippen molar-refractivity contribution in [1.82, 2.24) is 0 Å². The molecule has 0 amide bonds. The van der Waals surface area contributed by atoms with Gasteiger partial charge in [0.15, 0.2) is 6.29 Å². The van der Waals surface area contributed by atoms with E-state index in [1.54, 1.807) is 6.08 Å². The first-order chi connectivity index (χ1) is 8.86. The van der Waals surface area contributed by atoms with E-state index in [0.29, 0.717) is 6.61 Å². The number of benzene rings is 1. The molecule has 2 atom stereocenters. The minimum atomic E-state index is -0.568. The summed E-state index contributed by atoms with van der Waals surface area (Å²) in [7, 11) is 0. The molecule has 1 fully saturated rings. The third-order valence-electron chi connectivity index (χ3n) is 2.98. The smallest absolute Gasteiger partial charge is 0.157 e. The van der Waals surface area contributed by atoms with Crippen LogP contribution in [0.2, 0.25) is 0 Å². The Labute approximate surface area is 108 Å². The molecule has 1 aliphatic rings. The molecule has 3 heteroatoms. The molecule has 3 nitrogen and oxygen atoms in total. The van der Waals surface area contributed by atoms with Gasteiger partial charge in [-0.05, 0) is 24.8 Å². The highest BCUT2D eigenvalue weighted by Crippen LogP contribution is 2.15. The van der Waals surface area contributed by atoms with Gasteiger partial charge in [0.2, 0.25) is 0 Å².